The maximum atomic E-state index is 16.5. The van der Waals surface area contributed by atoms with Crippen molar-refractivity contribution >= 4 is 73.1 Å². The molecule has 0 radical (unpaired) electrons. The number of aliphatic hydroxyl groups excluding tert-OH is 1. The number of phenolic OH excluding ortho intramolecular Hbond substituents is 1. The molecule has 8 bridgehead atoms. The minimum atomic E-state index is -2.22. The van der Waals surface area contributed by atoms with Gasteiger partial charge in [-0.05, 0) is 144 Å². The van der Waals surface area contributed by atoms with Gasteiger partial charge in [-0.3, -0.25) is 34.1 Å². The van der Waals surface area contributed by atoms with E-state index in [-0.39, 0.29) is 139 Å². The van der Waals surface area contributed by atoms with Gasteiger partial charge in [-0.25, -0.2) is 14.4 Å². The van der Waals surface area contributed by atoms with Gasteiger partial charge in [0.2, 0.25) is 41.1 Å². The van der Waals surface area contributed by atoms with Crippen LogP contribution in [-0.4, -0.2) is 158 Å². The molecule has 0 saturated heterocycles. The van der Waals surface area contributed by atoms with Crippen LogP contribution in [0.25, 0.3) is 11.1 Å². The summed E-state index contributed by atoms with van der Waals surface area (Å²) in [7, 11) is 7.34. The number of halogens is 2. The van der Waals surface area contributed by atoms with Crippen LogP contribution >= 0.6 is 11.6 Å². The molecule has 0 fully saturated rings. The highest BCUT2D eigenvalue weighted by Crippen LogP contribution is 2.48. The molecule has 8 atom stereocenters. The van der Waals surface area contributed by atoms with Gasteiger partial charge < -0.3 is 109 Å². The molecule has 0 spiro atoms. The number of nitrogens with zero attached hydrogens (tertiary/aromatic N) is 1. The third-order valence-electron chi connectivity index (χ3n) is 18.9. The number of aliphatic hydroxyl groups is 1. The third kappa shape index (κ3) is 22.4. The Balaban J connectivity index is 1.17. The predicted octanol–water partition coefficient (Wildman–Crippen LogP) is 11.6. The number of carbonyl (C=O) groups excluding carboxylic acids is 8. The molecule has 3 aliphatic rings. The van der Waals surface area contributed by atoms with Crippen LogP contribution in [0.15, 0.2) is 146 Å². The SMILES string of the molecule is COCOCC1NC(=O)[C@H]2NC(=O)[C@H](NC(=O)[C@H](NC(=O)C(NC(=O)[C@@H](Cc3ccc(F)c([N+](=O)[O-])c3)NC(=O)OCC[Si](C)(C)C)c3cc(OC)cc(Oc4cc([C@H](NC(=O)OC(C)(C)C)C(=O)OCc5ccccc5)ccc4OC)c3)c3cc(O)c(OC)c(c3)Oc3ccc(cc3Cl)[C@H]2O)c2ccc(OC)c(c2)-c2c(OC)cc(OC)cc21. The number of fused-ring (bicyclic) bond motifs is 8. The fourth-order valence-electron chi connectivity index (χ4n) is 13.0. The summed E-state index contributed by atoms with van der Waals surface area (Å²) in [4.78, 5) is 133. The summed E-state index contributed by atoms with van der Waals surface area (Å²) < 4.78 is 91.1. The van der Waals surface area contributed by atoms with Crippen LogP contribution in [-0.2, 0) is 65.5 Å². The van der Waals surface area contributed by atoms with Crippen LogP contribution in [0.5, 0.6) is 63.2 Å². The van der Waals surface area contributed by atoms with Crippen LogP contribution in [0.3, 0.4) is 0 Å². The maximum Gasteiger partial charge on any atom is 0.408 e. The molecule has 636 valence electrons. The molecule has 8 aromatic rings. The number of ether oxygens (including phenoxy) is 13. The van der Waals surface area contributed by atoms with Crippen LogP contribution in [0.1, 0.15) is 102 Å². The van der Waals surface area contributed by atoms with Gasteiger partial charge in [-0.1, -0.05) is 85.8 Å². The highest BCUT2D eigenvalue weighted by Gasteiger charge is 2.41. The second-order valence-corrected chi connectivity index (χ2v) is 35.8. The van der Waals surface area contributed by atoms with Gasteiger partial charge in [-0.2, -0.15) is 4.39 Å². The predicted molar refractivity (Wildman–Crippen MR) is 434 cm³/mol. The minimum Gasteiger partial charge on any atom is -0.504 e. The number of amides is 7. The molecule has 33 nitrogen and oxygen atoms in total. The maximum absolute atomic E-state index is 16.5. The number of hydrogen-bond acceptors (Lipinski definition) is 25. The van der Waals surface area contributed by atoms with E-state index in [9.17, 15) is 34.7 Å². The van der Waals surface area contributed by atoms with E-state index < -0.39 is 138 Å². The molecule has 0 aromatic heterocycles. The first-order valence-electron chi connectivity index (χ1n) is 37.3. The topological polar surface area (TPSA) is 424 Å². The molecular weight excluding hydrogens is 1600 g/mol. The molecule has 36 heteroatoms. The molecule has 11 rings (SSSR count). The molecule has 120 heavy (non-hydrogen) atoms. The standard InChI is InChI=1S/C84H92ClFN8O25Si/c1-84(2,3)119-83(104)93-72(81(102)116-41-44-17-15-14-16-18-44)47-21-26-64(111-8)65(36-47)117-53-32-49(31-51(38-53)108-5)70(89-76(97)58(88-82(103)115-27-28-120(11,12)13)29-45-19-23-57(86)60(30-45)94(105)106)78(99)91-71-50-35-61(95)75(113-10)67(37-50)118-63-25-22-48(34-56(63)85)74(96)73-80(101)87-59(42-114-43-107-4)54-39-52(109-6)40-66(112-9)68(54)55-33-46(20-24-62(55)110-7)69(77(98)92-73)90-79(71)100/h14-26,30-40,58-59,69-74,95-96H,27-29,41-43H2,1-13H3,(H,87,101)(H,88,103)(H,89,97)(H,90,100)(H,91,99)(H,92,98)(H,93,104)/t58-,59?,69-,70?,71-,72+,73+,74-/m1/s1. The summed E-state index contributed by atoms with van der Waals surface area (Å²) in [5.41, 5.74) is -1.45. The second kappa shape index (κ2) is 39.5. The van der Waals surface area contributed by atoms with E-state index in [0.29, 0.717) is 11.6 Å². The zero-order valence-electron chi connectivity index (χ0n) is 67.7. The van der Waals surface area contributed by atoms with Crippen molar-refractivity contribution in [3.8, 4) is 74.4 Å². The van der Waals surface area contributed by atoms with Crippen molar-refractivity contribution < 1.29 is 119 Å². The molecule has 0 saturated carbocycles. The number of nitro benzene ring substituents is 1. The summed E-state index contributed by atoms with van der Waals surface area (Å²) in [6, 6.07) is 20.5. The number of rotatable bonds is 29. The Morgan fingerprint density at radius 3 is 2.01 bits per heavy atom. The Hall–Kier alpha value is -13.0. The lowest BCUT2D eigenvalue weighted by molar-refractivity contribution is -0.387. The number of methoxy groups -OCH3 is 7. The zero-order chi connectivity index (χ0) is 87.0. The quantitative estimate of drug-likeness (QED) is 0.00400. The smallest absolute Gasteiger partial charge is 0.408 e. The number of carbonyl (C=O) groups is 8. The van der Waals surface area contributed by atoms with Crippen molar-refractivity contribution in [3.05, 3.63) is 211 Å². The Kier molecular flexibility index (Phi) is 29.4. The first kappa shape index (κ1) is 89.4. The Bertz CT molecular complexity index is 5150. The van der Waals surface area contributed by atoms with Gasteiger partial charge in [0.05, 0.1) is 71.9 Å². The number of nitro groups is 1. The number of nitrogens with one attached hydrogen (secondary N) is 7. The van der Waals surface area contributed by atoms with E-state index in [1.807, 2.05) is 19.6 Å². The molecule has 3 heterocycles. The van der Waals surface area contributed by atoms with Gasteiger partial charge in [-0.15, -0.1) is 0 Å². The normalized spacial score (nSPS) is 16.5. The second-order valence-electron chi connectivity index (χ2n) is 29.7. The first-order chi connectivity index (χ1) is 57.1. The Morgan fingerprint density at radius 1 is 0.642 bits per heavy atom. The highest BCUT2D eigenvalue weighted by molar-refractivity contribution is 6.76. The van der Waals surface area contributed by atoms with Crippen molar-refractivity contribution in [1.82, 2.24) is 37.2 Å². The van der Waals surface area contributed by atoms with E-state index in [2.05, 4.69) is 37.2 Å². The van der Waals surface area contributed by atoms with Gasteiger partial charge in [0.25, 0.3) is 0 Å². The van der Waals surface area contributed by atoms with Crippen LogP contribution in [0.4, 0.5) is 19.7 Å². The van der Waals surface area contributed by atoms with Crippen molar-refractivity contribution in [2.75, 3.05) is 69.8 Å². The molecule has 3 aliphatic heterocycles. The van der Waals surface area contributed by atoms with Crippen LogP contribution in [0, 0.1) is 15.9 Å². The van der Waals surface area contributed by atoms with E-state index in [4.69, 9.17) is 73.2 Å². The Labute approximate surface area is 695 Å². The van der Waals surface area contributed by atoms with Gasteiger partial charge in [0.1, 0.15) is 89.8 Å². The van der Waals surface area contributed by atoms with Crippen LogP contribution in [0.2, 0.25) is 30.7 Å². The first-order valence-corrected chi connectivity index (χ1v) is 41.4. The summed E-state index contributed by atoms with van der Waals surface area (Å²) in [5, 5.41) is 55.3. The zero-order valence-corrected chi connectivity index (χ0v) is 69.5. The lowest BCUT2D eigenvalue weighted by atomic mass is 9.89. The monoisotopic (exact) mass is 1690 g/mol. The van der Waals surface area contributed by atoms with Crippen molar-refractivity contribution in [2.45, 2.75) is 113 Å². The van der Waals surface area contributed by atoms with E-state index in [1.54, 1.807) is 63.2 Å². The summed E-state index contributed by atoms with van der Waals surface area (Å²) in [6.07, 6.45) is -4.79. The van der Waals surface area contributed by atoms with Crippen molar-refractivity contribution in [2.24, 2.45) is 0 Å². The summed E-state index contributed by atoms with van der Waals surface area (Å²) in [6.45, 7) is 10.0. The molecule has 2 unspecified atom stereocenters. The molecule has 0 aliphatic carbocycles. The molecule has 7 amide bonds. The third-order valence-corrected chi connectivity index (χ3v) is 20.9. The van der Waals surface area contributed by atoms with Gasteiger partial charge in [0, 0.05) is 50.9 Å². The van der Waals surface area contributed by atoms with Gasteiger partial charge in [0.15, 0.2) is 29.0 Å². The number of aromatic hydroxyl groups is 1. The van der Waals surface area contributed by atoms with E-state index in [0.717, 1.165) is 24.3 Å². The number of esters is 1. The Morgan fingerprint density at radius 2 is 1.34 bits per heavy atom. The molecule has 8 aromatic carbocycles. The summed E-state index contributed by atoms with van der Waals surface area (Å²) in [5.74, 6) is -9.84. The fraction of sp³-hybridized carbons (Fsp3) is 0.333. The van der Waals surface area contributed by atoms with Crippen LogP contribution < -0.4 is 75.1 Å². The number of benzene rings is 8. The van der Waals surface area contributed by atoms with Crippen molar-refractivity contribution in [3.63, 3.8) is 0 Å². The van der Waals surface area contributed by atoms with E-state index >= 15 is 28.4 Å². The number of alkyl carbamates (subject to hydrolysis) is 2. The molecule has 9 N–H and O–H groups in total. The highest BCUT2D eigenvalue weighted by atomic mass is 35.5. The summed E-state index contributed by atoms with van der Waals surface area (Å²) >= 11 is 7.01. The van der Waals surface area contributed by atoms with Crippen molar-refractivity contribution in [1.29, 1.82) is 0 Å². The van der Waals surface area contributed by atoms with Gasteiger partial charge >= 0.3 is 23.8 Å². The number of phenols is 1. The number of hydrogen-bond donors (Lipinski definition) is 9. The molecular formula is C84H92ClFN8O25Si. The van der Waals surface area contributed by atoms with E-state index in [1.165, 1.54) is 129 Å². The largest absolute Gasteiger partial charge is 0.504 e. The minimum absolute atomic E-state index is 0.0150. The lowest BCUT2D eigenvalue weighted by Crippen LogP contribution is -2.55. The lowest BCUT2D eigenvalue weighted by Gasteiger charge is -2.32. The average molecular weight is 1700 g/mol. The fourth-order valence-corrected chi connectivity index (χ4v) is 13.9. The average Bonchev–Trinajstić information content (AvgIpc) is 0.765.